The van der Waals surface area contributed by atoms with Gasteiger partial charge in [-0.15, -0.1) is 0 Å². The van der Waals surface area contributed by atoms with Crippen LogP contribution in [0.5, 0.6) is 0 Å². The van der Waals surface area contributed by atoms with Crippen LogP contribution >= 0.6 is 0 Å². The SMILES string of the molecule is Nc1cccc(CC(=O)N2CC(O)C2)c1.O=C(Cc1cccc([N+](=O)[O-])c1)N1CC(O)C1.O=C(O)Cc1cccc([N+](=O)[O-])c1. The van der Waals surface area contributed by atoms with Gasteiger partial charge in [-0.3, -0.25) is 34.6 Å². The molecule has 15 heteroatoms. The maximum Gasteiger partial charge on any atom is 0.307 e. The minimum absolute atomic E-state index is 0.0149. The van der Waals surface area contributed by atoms with Crippen molar-refractivity contribution in [3.05, 3.63) is 110 Å². The number of aliphatic hydroxyl groups is 2. The molecule has 3 aromatic rings. The number of nitrogen functional groups attached to an aromatic ring is 1. The molecular weight excluding hydrogens is 590 g/mol. The highest BCUT2D eigenvalue weighted by Crippen LogP contribution is 2.17. The fourth-order valence-corrected chi connectivity index (χ4v) is 4.33. The Hall–Kier alpha value is -5.41. The lowest BCUT2D eigenvalue weighted by Gasteiger charge is -2.35. The molecule has 0 aliphatic carbocycles. The number of amides is 2. The molecule has 0 unspecified atom stereocenters. The first-order valence-corrected chi connectivity index (χ1v) is 13.7. The molecule has 0 aromatic heterocycles. The van der Waals surface area contributed by atoms with Crippen molar-refractivity contribution < 1.29 is 39.5 Å². The van der Waals surface area contributed by atoms with Gasteiger partial charge in [0.15, 0.2) is 0 Å². The van der Waals surface area contributed by atoms with E-state index >= 15 is 0 Å². The Bertz CT molecular complexity index is 1540. The number of nitrogens with zero attached hydrogens (tertiary/aromatic N) is 4. The Morgan fingerprint density at radius 2 is 1.07 bits per heavy atom. The number of nitro benzene ring substituents is 2. The summed E-state index contributed by atoms with van der Waals surface area (Å²) in [4.78, 5) is 56.6. The van der Waals surface area contributed by atoms with Gasteiger partial charge in [-0.25, -0.2) is 0 Å². The second kappa shape index (κ2) is 15.9. The molecule has 2 heterocycles. The summed E-state index contributed by atoms with van der Waals surface area (Å²) < 4.78 is 0. The number of aliphatic hydroxyl groups excluding tert-OH is 2. The highest BCUT2D eigenvalue weighted by Gasteiger charge is 2.29. The molecule has 0 radical (unpaired) electrons. The number of hydrogen-bond donors (Lipinski definition) is 4. The molecule has 0 spiro atoms. The van der Waals surface area contributed by atoms with Crippen LogP contribution < -0.4 is 5.73 Å². The largest absolute Gasteiger partial charge is 0.481 e. The third-order valence-electron chi connectivity index (χ3n) is 6.69. The van der Waals surface area contributed by atoms with Crippen molar-refractivity contribution in [1.29, 1.82) is 0 Å². The number of carbonyl (C=O) groups is 3. The minimum Gasteiger partial charge on any atom is -0.481 e. The highest BCUT2D eigenvalue weighted by atomic mass is 16.6. The molecule has 0 bridgehead atoms. The molecule has 238 valence electrons. The molecular formula is C30H33N5O10. The molecule has 2 saturated heterocycles. The molecule has 0 saturated carbocycles. The van der Waals surface area contributed by atoms with Gasteiger partial charge in [0.05, 0.1) is 41.3 Å². The molecule has 3 aromatic carbocycles. The van der Waals surface area contributed by atoms with Gasteiger partial charge in [-0.2, -0.15) is 0 Å². The van der Waals surface area contributed by atoms with Crippen LogP contribution in [0.3, 0.4) is 0 Å². The number of non-ortho nitro benzene ring substituents is 2. The first-order chi connectivity index (χ1) is 21.3. The average molecular weight is 624 g/mol. The number of rotatable bonds is 8. The molecule has 15 nitrogen and oxygen atoms in total. The van der Waals surface area contributed by atoms with E-state index in [1.54, 1.807) is 35.2 Å². The standard InChI is InChI=1S/C11H12N2O4.C11H14N2O2.C8H7NO4/c14-10-6-12(7-10)11(15)5-8-2-1-3-9(4-8)13(16)17;12-9-3-1-2-8(4-9)5-11(15)13-6-10(14)7-13;10-8(11)5-6-2-1-3-7(4-6)9(12)13/h1-4,10,14H,5-7H2;1-4,10,14H,5-7,12H2;1-4H,5H2,(H,10,11). The fraction of sp³-hybridized carbons (Fsp3) is 0.300. The second-order valence-electron chi connectivity index (χ2n) is 10.4. The number of nitro groups is 2. The van der Waals surface area contributed by atoms with E-state index in [4.69, 9.17) is 21.1 Å². The number of anilines is 1. The Kier molecular flexibility index (Phi) is 12.0. The second-order valence-corrected chi connectivity index (χ2v) is 10.4. The first-order valence-electron chi connectivity index (χ1n) is 13.7. The van der Waals surface area contributed by atoms with Crippen LogP contribution in [0, 0.1) is 20.2 Å². The van der Waals surface area contributed by atoms with Crippen LogP contribution in [-0.4, -0.2) is 91.1 Å². The Labute approximate surface area is 257 Å². The molecule has 5 rings (SSSR count). The molecule has 0 atom stereocenters. The van der Waals surface area contributed by atoms with Gasteiger partial charge < -0.3 is 30.9 Å². The summed E-state index contributed by atoms with van der Waals surface area (Å²) in [7, 11) is 0. The zero-order chi connectivity index (χ0) is 33.1. The number of benzene rings is 3. The van der Waals surface area contributed by atoms with Crippen LogP contribution in [0.4, 0.5) is 17.1 Å². The van der Waals surface area contributed by atoms with Gasteiger partial charge in [0.2, 0.25) is 11.8 Å². The van der Waals surface area contributed by atoms with Crippen molar-refractivity contribution in [2.24, 2.45) is 0 Å². The fourth-order valence-electron chi connectivity index (χ4n) is 4.33. The molecule has 2 aliphatic rings. The predicted molar refractivity (Wildman–Crippen MR) is 161 cm³/mol. The van der Waals surface area contributed by atoms with E-state index in [9.17, 15) is 34.6 Å². The number of carboxylic acid groups (broad SMARTS) is 1. The predicted octanol–water partition coefficient (Wildman–Crippen LogP) is 1.58. The topological polar surface area (TPSA) is 231 Å². The first kappa shape index (κ1) is 34.1. The summed E-state index contributed by atoms with van der Waals surface area (Å²) in [5.41, 5.74) is 8.15. The molecule has 2 fully saturated rings. The van der Waals surface area contributed by atoms with Crippen LogP contribution in [-0.2, 0) is 33.6 Å². The van der Waals surface area contributed by atoms with E-state index in [1.807, 2.05) is 12.1 Å². The summed E-state index contributed by atoms with van der Waals surface area (Å²) in [6.45, 7) is 1.63. The summed E-state index contributed by atoms with van der Waals surface area (Å²) in [6, 6.07) is 18.9. The van der Waals surface area contributed by atoms with Gasteiger partial charge in [0, 0.05) is 56.1 Å². The Balaban J connectivity index is 0.000000186. The van der Waals surface area contributed by atoms with E-state index in [0.29, 0.717) is 49.4 Å². The molecule has 45 heavy (non-hydrogen) atoms. The number of aliphatic carboxylic acids is 1. The van der Waals surface area contributed by atoms with Gasteiger partial charge in [-0.1, -0.05) is 36.4 Å². The third kappa shape index (κ3) is 11.0. The van der Waals surface area contributed by atoms with Gasteiger partial charge in [0.1, 0.15) is 0 Å². The smallest absolute Gasteiger partial charge is 0.307 e. The van der Waals surface area contributed by atoms with Crippen LogP contribution in [0.15, 0.2) is 72.8 Å². The summed E-state index contributed by atoms with van der Waals surface area (Å²) in [6.07, 6.45) is -0.466. The number of carbonyl (C=O) groups excluding carboxylic acids is 2. The quantitative estimate of drug-likeness (QED) is 0.160. The number of hydrogen-bond acceptors (Lipinski definition) is 10. The summed E-state index contributed by atoms with van der Waals surface area (Å²) in [5, 5.41) is 47.4. The normalized spacial score (nSPS) is 14.0. The van der Waals surface area contributed by atoms with Crippen molar-refractivity contribution in [2.75, 3.05) is 31.9 Å². The van der Waals surface area contributed by atoms with Crippen molar-refractivity contribution in [3.8, 4) is 0 Å². The number of likely N-dealkylation sites (tertiary alicyclic amines) is 2. The van der Waals surface area contributed by atoms with Crippen LogP contribution in [0.25, 0.3) is 0 Å². The van der Waals surface area contributed by atoms with E-state index in [-0.39, 0.29) is 42.1 Å². The van der Waals surface area contributed by atoms with Crippen LogP contribution in [0.2, 0.25) is 0 Å². The van der Waals surface area contributed by atoms with E-state index in [0.717, 1.165) is 5.56 Å². The van der Waals surface area contributed by atoms with Crippen molar-refractivity contribution in [3.63, 3.8) is 0 Å². The highest BCUT2D eigenvalue weighted by molar-refractivity contribution is 5.80. The number of carboxylic acids is 1. The summed E-state index contributed by atoms with van der Waals surface area (Å²) in [5.74, 6) is -1.07. The van der Waals surface area contributed by atoms with Crippen molar-refractivity contribution >= 4 is 34.8 Å². The lowest BCUT2D eigenvalue weighted by Crippen LogP contribution is -2.53. The monoisotopic (exact) mass is 623 g/mol. The van der Waals surface area contributed by atoms with Gasteiger partial charge in [-0.05, 0) is 28.8 Å². The van der Waals surface area contributed by atoms with Crippen LogP contribution in [0.1, 0.15) is 16.7 Å². The average Bonchev–Trinajstić information content (AvgIpc) is 2.94. The number of β-amino-alcohol motifs (C(OH)–C–C–N with tert-alkyl or cyclic N) is 2. The maximum atomic E-state index is 11.7. The lowest BCUT2D eigenvalue weighted by molar-refractivity contribution is -0.385. The van der Waals surface area contributed by atoms with Crippen molar-refractivity contribution in [2.45, 2.75) is 31.5 Å². The molecule has 2 aliphatic heterocycles. The van der Waals surface area contributed by atoms with Crippen molar-refractivity contribution in [1.82, 2.24) is 9.80 Å². The molecule has 5 N–H and O–H groups in total. The molecule has 2 amide bonds. The minimum atomic E-state index is -1.000. The zero-order valence-corrected chi connectivity index (χ0v) is 24.1. The van der Waals surface area contributed by atoms with E-state index in [1.165, 1.54) is 35.2 Å². The van der Waals surface area contributed by atoms with E-state index < -0.39 is 21.9 Å². The Morgan fingerprint density at radius 1 is 0.689 bits per heavy atom. The maximum absolute atomic E-state index is 11.7. The third-order valence-corrected chi connectivity index (χ3v) is 6.69. The van der Waals surface area contributed by atoms with Gasteiger partial charge in [0.25, 0.3) is 11.4 Å². The Morgan fingerprint density at radius 3 is 1.42 bits per heavy atom. The lowest BCUT2D eigenvalue weighted by atomic mass is 10.1. The summed E-state index contributed by atoms with van der Waals surface area (Å²) >= 11 is 0. The number of nitrogens with two attached hydrogens (primary N) is 1. The van der Waals surface area contributed by atoms with Gasteiger partial charge >= 0.3 is 5.97 Å². The zero-order valence-electron chi connectivity index (χ0n) is 24.1. The van der Waals surface area contributed by atoms with E-state index in [2.05, 4.69) is 0 Å².